The second kappa shape index (κ2) is 6.27. The molecule has 1 aliphatic heterocycles. The number of carbonyl (C=O) groups is 1. The lowest BCUT2D eigenvalue weighted by molar-refractivity contribution is -0.116. The highest BCUT2D eigenvalue weighted by Gasteiger charge is 2.24. The van der Waals surface area contributed by atoms with Gasteiger partial charge in [0.1, 0.15) is 4.90 Å². The Labute approximate surface area is 150 Å². The van der Waals surface area contributed by atoms with Gasteiger partial charge in [-0.3, -0.25) is 9.52 Å². The number of nitrogens with zero attached hydrogens (tertiary/aromatic N) is 1. The van der Waals surface area contributed by atoms with Gasteiger partial charge in [0, 0.05) is 24.8 Å². The zero-order valence-electron chi connectivity index (χ0n) is 12.7. The Kier molecular flexibility index (Phi) is 4.46. The van der Waals surface area contributed by atoms with E-state index in [-0.39, 0.29) is 20.8 Å². The number of nitrogens with one attached hydrogen (secondary N) is 1. The molecule has 2 aromatic rings. The Morgan fingerprint density at radius 3 is 2.67 bits per heavy atom. The third-order valence-corrected chi connectivity index (χ3v) is 6.17. The number of hydrogen-bond acceptors (Lipinski definition) is 3. The highest BCUT2D eigenvalue weighted by atomic mass is 35.5. The number of rotatable bonds is 3. The van der Waals surface area contributed by atoms with Crippen molar-refractivity contribution in [3.05, 3.63) is 52.0 Å². The SMILES string of the molecule is CC(=O)N1CCc2cc(NS(=O)(=O)c3cccc(Cl)c3Cl)ccc21. The van der Waals surface area contributed by atoms with Crippen LogP contribution in [-0.2, 0) is 21.2 Å². The quantitative estimate of drug-likeness (QED) is 0.876. The van der Waals surface area contributed by atoms with Crippen LogP contribution in [0.1, 0.15) is 12.5 Å². The summed E-state index contributed by atoms with van der Waals surface area (Å²) in [6.07, 6.45) is 0.683. The van der Waals surface area contributed by atoms with E-state index in [2.05, 4.69) is 4.72 Å². The Morgan fingerprint density at radius 2 is 1.96 bits per heavy atom. The normalized spacial score (nSPS) is 13.7. The first-order valence-corrected chi connectivity index (χ1v) is 9.41. The molecule has 0 saturated carbocycles. The van der Waals surface area contributed by atoms with E-state index in [4.69, 9.17) is 23.2 Å². The topological polar surface area (TPSA) is 66.5 Å². The maximum absolute atomic E-state index is 12.5. The van der Waals surface area contributed by atoms with Crippen LogP contribution < -0.4 is 9.62 Å². The summed E-state index contributed by atoms with van der Waals surface area (Å²) in [5, 5.41) is 0.154. The van der Waals surface area contributed by atoms with Crippen LogP contribution in [0, 0.1) is 0 Å². The minimum absolute atomic E-state index is 0.0180. The molecule has 1 amide bonds. The molecule has 5 nitrogen and oxygen atoms in total. The molecule has 0 unspecified atom stereocenters. The van der Waals surface area contributed by atoms with Crippen LogP contribution >= 0.6 is 23.2 Å². The second-order valence-corrected chi connectivity index (χ2v) is 7.86. The van der Waals surface area contributed by atoms with Crippen molar-refractivity contribution in [3.8, 4) is 0 Å². The van der Waals surface area contributed by atoms with Crippen molar-refractivity contribution in [3.63, 3.8) is 0 Å². The Bertz CT molecular complexity index is 929. The zero-order chi connectivity index (χ0) is 17.5. The number of carbonyl (C=O) groups excluding carboxylic acids is 1. The third-order valence-electron chi connectivity index (χ3n) is 3.81. The van der Waals surface area contributed by atoms with Crippen LogP contribution in [0.3, 0.4) is 0 Å². The molecule has 24 heavy (non-hydrogen) atoms. The zero-order valence-corrected chi connectivity index (χ0v) is 15.0. The van der Waals surface area contributed by atoms with Gasteiger partial charge < -0.3 is 4.90 Å². The number of benzene rings is 2. The number of anilines is 2. The number of amides is 1. The Hall–Kier alpha value is -1.76. The van der Waals surface area contributed by atoms with E-state index in [0.29, 0.717) is 18.7 Å². The van der Waals surface area contributed by atoms with E-state index in [1.54, 1.807) is 23.1 Å². The highest BCUT2D eigenvalue weighted by molar-refractivity contribution is 7.92. The van der Waals surface area contributed by atoms with Crippen molar-refractivity contribution in [2.75, 3.05) is 16.2 Å². The minimum atomic E-state index is -3.86. The maximum atomic E-state index is 12.5. The van der Waals surface area contributed by atoms with E-state index in [1.165, 1.54) is 25.1 Å². The van der Waals surface area contributed by atoms with Gasteiger partial charge in [0.15, 0.2) is 0 Å². The van der Waals surface area contributed by atoms with Crippen LogP contribution in [-0.4, -0.2) is 20.9 Å². The van der Waals surface area contributed by atoms with Crippen LogP contribution in [0.2, 0.25) is 10.0 Å². The van der Waals surface area contributed by atoms with Crippen LogP contribution in [0.25, 0.3) is 0 Å². The van der Waals surface area contributed by atoms with Crippen LogP contribution in [0.15, 0.2) is 41.3 Å². The molecule has 126 valence electrons. The summed E-state index contributed by atoms with van der Waals surface area (Å²) in [5.41, 5.74) is 2.14. The summed E-state index contributed by atoms with van der Waals surface area (Å²) in [4.78, 5) is 13.2. The minimum Gasteiger partial charge on any atom is -0.312 e. The summed E-state index contributed by atoms with van der Waals surface area (Å²) in [7, 11) is -3.86. The van der Waals surface area contributed by atoms with Gasteiger partial charge in [0.2, 0.25) is 5.91 Å². The van der Waals surface area contributed by atoms with E-state index >= 15 is 0 Å². The van der Waals surface area contributed by atoms with E-state index in [0.717, 1.165) is 11.3 Å². The summed E-state index contributed by atoms with van der Waals surface area (Å²) >= 11 is 11.9. The van der Waals surface area contributed by atoms with E-state index in [9.17, 15) is 13.2 Å². The van der Waals surface area contributed by atoms with Gasteiger partial charge in [-0.05, 0) is 42.3 Å². The molecule has 1 N–H and O–H groups in total. The van der Waals surface area contributed by atoms with Gasteiger partial charge >= 0.3 is 0 Å². The average molecular weight is 385 g/mol. The standard InChI is InChI=1S/C16H14Cl2N2O3S/c1-10(21)20-8-7-11-9-12(5-6-14(11)20)19-24(22,23)15-4-2-3-13(17)16(15)18/h2-6,9,19H,7-8H2,1H3. The molecular weight excluding hydrogens is 371 g/mol. The van der Waals surface area contributed by atoms with Crippen molar-refractivity contribution in [1.29, 1.82) is 0 Å². The molecule has 3 rings (SSSR count). The Morgan fingerprint density at radius 1 is 1.21 bits per heavy atom. The first kappa shape index (κ1) is 17.1. The molecular formula is C16H14Cl2N2O3S. The molecule has 1 heterocycles. The molecule has 1 aliphatic rings. The van der Waals surface area contributed by atoms with Crippen LogP contribution in [0.4, 0.5) is 11.4 Å². The highest BCUT2D eigenvalue weighted by Crippen LogP contribution is 2.33. The number of sulfonamides is 1. The number of fused-ring (bicyclic) bond motifs is 1. The van der Waals surface area contributed by atoms with Crippen molar-refractivity contribution in [1.82, 2.24) is 0 Å². The van der Waals surface area contributed by atoms with Gasteiger partial charge in [0.05, 0.1) is 10.0 Å². The van der Waals surface area contributed by atoms with Crippen molar-refractivity contribution < 1.29 is 13.2 Å². The summed E-state index contributed by atoms with van der Waals surface area (Å²) in [5.74, 6) is -0.0345. The molecule has 0 radical (unpaired) electrons. The lowest BCUT2D eigenvalue weighted by atomic mass is 10.1. The fourth-order valence-corrected chi connectivity index (χ4v) is 4.51. The van der Waals surface area contributed by atoms with Crippen molar-refractivity contribution >= 4 is 50.5 Å². The van der Waals surface area contributed by atoms with Gasteiger partial charge in [0.25, 0.3) is 10.0 Å². The molecule has 0 atom stereocenters. The molecule has 0 spiro atoms. The lowest BCUT2D eigenvalue weighted by Crippen LogP contribution is -2.25. The number of halogens is 2. The first-order valence-electron chi connectivity index (χ1n) is 7.17. The van der Waals surface area contributed by atoms with Crippen molar-refractivity contribution in [2.24, 2.45) is 0 Å². The second-order valence-electron chi connectivity index (χ2n) is 5.42. The predicted octanol–water partition coefficient (Wildman–Crippen LogP) is 3.70. The van der Waals surface area contributed by atoms with Gasteiger partial charge in [-0.1, -0.05) is 29.3 Å². The lowest BCUT2D eigenvalue weighted by Gasteiger charge is -2.15. The van der Waals surface area contributed by atoms with E-state index in [1.807, 2.05) is 0 Å². The molecule has 0 saturated heterocycles. The Balaban J connectivity index is 1.92. The monoisotopic (exact) mass is 384 g/mol. The fraction of sp³-hybridized carbons (Fsp3) is 0.188. The van der Waals surface area contributed by atoms with Gasteiger partial charge in [-0.25, -0.2) is 8.42 Å². The fourth-order valence-electron chi connectivity index (χ4n) is 2.69. The van der Waals surface area contributed by atoms with Crippen molar-refractivity contribution in [2.45, 2.75) is 18.2 Å². The molecule has 0 aromatic heterocycles. The summed E-state index contributed by atoms with van der Waals surface area (Å²) in [6.45, 7) is 2.11. The molecule has 0 aliphatic carbocycles. The first-order chi connectivity index (χ1) is 11.3. The molecule has 2 aromatic carbocycles. The largest absolute Gasteiger partial charge is 0.312 e. The van der Waals surface area contributed by atoms with Gasteiger partial charge in [-0.2, -0.15) is 0 Å². The summed E-state index contributed by atoms with van der Waals surface area (Å²) in [6, 6.07) is 9.53. The maximum Gasteiger partial charge on any atom is 0.263 e. The smallest absolute Gasteiger partial charge is 0.263 e. The number of hydrogen-bond donors (Lipinski definition) is 1. The third kappa shape index (κ3) is 3.09. The molecule has 8 heteroatoms. The average Bonchev–Trinajstić information content (AvgIpc) is 2.92. The summed E-state index contributed by atoms with van der Waals surface area (Å²) < 4.78 is 27.6. The predicted molar refractivity (Wildman–Crippen MR) is 95.4 cm³/mol. The molecule has 0 fully saturated rings. The van der Waals surface area contributed by atoms with Gasteiger partial charge in [-0.15, -0.1) is 0 Å². The van der Waals surface area contributed by atoms with Crippen LogP contribution in [0.5, 0.6) is 0 Å². The van der Waals surface area contributed by atoms with E-state index < -0.39 is 10.0 Å². The molecule has 0 bridgehead atoms.